The Hall–Kier alpha value is -2.14. The van der Waals surface area contributed by atoms with Crippen LogP contribution in [-0.4, -0.2) is 40.6 Å². The molecular formula is C18H24N4O. The van der Waals surface area contributed by atoms with Gasteiger partial charge in [-0.25, -0.2) is 0 Å². The van der Waals surface area contributed by atoms with Gasteiger partial charge in [0.05, 0.1) is 0 Å². The first-order valence-corrected chi connectivity index (χ1v) is 8.38. The SMILES string of the molecule is CCCc1cc(C(=O)NCCN2CCc3ccccc3C2)n[nH]1. The van der Waals surface area contributed by atoms with E-state index in [1.54, 1.807) is 0 Å². The number of aromatic amines is 1. The van der Waals surface area contributed by atoms with E-state index < -0.39 is 0 Å². The van der Waals surface area contributed by atoms with Gasteiger partial charge in [0.1, 0.15) is 5.69 Å². The van der Waals surface area contributed by atoms with Crippen LogP contribution in [0.3, 0.4) is 0 Å². The average Bonchev–Trinajstić information content (AvgIpc) is 3.04. The van der Waals surface area contributed by atoms with Gasteiger partial charge in [-0.3, -0.25) is 14.8 Å². The molecule has 23 heavy (non-hydrogen) atoms. The third kappa shape index (κ3) is 3.99. The molecule has 5 heteroatoms. The molecule has 0 bridgehead atoms. The van der Waals surface area contributed by atoms with Gasteiger partial charge in [-0.1, -0.05) is 37.6 Å². The van der Waals surface area contributed by atoms with Crippen LogP contribution in [0.5, 0.6) is 0 Å². The lowest BCUT2D eigenvalue weighted by Gasteiger charge is -2.28. The number of H-pyrrole nitrogens is 1. The number of nitrogens with zero attached hydrogens (tertiary/aromatic N) is 2. The number of carbonyl (C=O) groups is 1. The monoisotopic (exact) mass is 312 g/mol. The Morgan fingerprint density at radius 1 is 1.35 bits per heavy atom. The van der Waals surface area contributed by atoms with Gasteiger partial charge in [-0.05, 0) is 30.0 Å². The van der Waals surface area contributed by atoms with Gasteiger partial charge in [0.15, 0.2) is 0 Å². The lowest BCUT2D eigenvalue weighted by Crippen LogP contribution is -2.37. The van der Waals surface area contributed by atoms with Crippen LogP contribution in [-0.2, 0) is 19.4 Å². The topological polar surface area (TPSA) is 61.0 Å². The number of nitrogens with one attached hydrogen (secondary N) is 2. The normalized spacial score (nSPS) is 14.5. The van der Waals surface area contributed by atoms with Crippen LogP contribution in [0.2, 0.25) is 0 Å². The molecule has 2 heterocycles. The Balaban J connectivity index is 1.45. The third-order valence-corrected chi connectivity index (χ3v) is 4.31. The van der Waals surface area contributed by atoms with E-state index in [1.165, 1.54) is 11.1 Å². The fourth-order valence-corrected chi connectivity index (χ4v) is 3.04. The van der Waals surface area contributed by atoms with Crippen LogP contribution in [0.4, 0.5) is 0 Å². The zero-order valence-electron chi connectivity index (χ0n) is 13.6. The van der Waals surface area contributed by atoms with E-state index in [0.717, 1.165) is 44.6 Å². The molecule has 0 radical (unpaired) electrons. The largest absolute Gasteiger partial charge is 0.349 e. The first kappa shape index (κ1) is 15.7. The number of rotatable bonds is 6. The van der Waals surface area contributed by atoms with E-state index in [0.29, 0.717) is 12.2 Å². The number of hydrogen-bond donors (Lipinski definition) is 2. The molecule has 122 valence electrons. The van der Waals surface area contributed by atoms with Crippen molar-refractivity contribution in [2.45, 2.75) is 32.7 Å². The first-order chi connectivity index (χ1) is 11.3. The Morgan fingerprint density at radius 2 is 2.17 bits per heavy atom. The maximum absolute atomic E-state index is 12.1. The molecule has 1 aliphatic heterocycles. The molecule has 1 aliphatic rings. The summed E-state index contributed by atoms with van der Waals surface area (Å²) in [6.07, 6.45) is 3.05. The summed E-state index contributed by atoms with van der Waals surface area (Å²) in [6.45, 7) is 5.64. The lowest BCUT2D eigenvalue weighted by atomic mass is 10.00. The van der Waals surface area contributed by atoms with E-state index in [2.05, 4.69) is 51.6 Å². The molecule has 0 fully saturated rings. The third-order valence-electron chi connectivity index (χ3n) is 4.31. The highest BCUT2D eigenvalue weighted by Crippen LogP contribution is 2.17. The van der Waals surface area contributed by atoms with Crippen molar-refractivity contribution in [2.75, 3.05) is 19.6 Å². The predicted molar refractivity (Wildman–Crippen MR) is 90.3 cm³/mol. The minimum absolute atomic E-state index is 0.0963. The summed E-state index contributed by atoms with van der Waals surface area (Å²) in [5, 5.41) is 9.96. The summed E-state index contributed by atoms with van der Waals surface area (Å²) in [4.78, 5) is 14.5. The fraction of sp³-hybridized carbons (Fsp3) is 0.444. The molecule has 1 aromatic carbocycles. The van der Waals surface area contributed by atoms with Crippen LogP contribution in [0.15, 0.2) is 30.3 Å². The van der Waals surface area contributed by atoms with Crippen molar-refractivity contribution in [3.05, 3.63) is 52.8 Å². The average molecular weight is 312 g/mol. The highest BCUT2D eigenvalue weighted by molar-refractivity contribution is 5.92. The molecule has 0 unspecified atom stereocenters. The number of aromatic nitrogens is 2. The summed E-state index contributed by atoms with van der Waals surface area (Å²) in [6, 6.07) is 10.4. The summed E-state index contributed by atoms with van der Waals surface area (Å²) in [7, 11) is 0. The zero-order chi connectivity index (χ0) is 16.1. The highest BCUT2D eigenvalue weighted by Gasteiger charge is 2.16. The van der Waals surface area contributed by atoms with Crippen LogP contribution >= 0.6 is 0 Å². The van der Waals surface area contributed by atoms with Crippen LogP contribution in [0.1, 0.15) is 40.7 Å². The second kappa shape index (κ2) is 7.42. The minimum atomic E-state index is -0.0963. The van der Waals surface area contributed by atoms with E-state index in [1.807, 2.05) is 6.07 Å². The van der Waals surface area contributed by atoms with Crippen molar-refractivity contribution in [1.82, 2.24) is 20.4 Å². The van der Waals surface area contributed by atoms with Crippen molar-refractivity contribution in [3.8, 4) is 0 Å². The van der Waals surface area contributed by atoms with Gasteiger partial charge in [-0.2, -0.15) is 5.10 Å². The van der Waals surface area contributed by atoms with Gasteiger partial charge < -0.3 is 5.32 Å². The fourth-order valence-electron chi connectivity index (χ4n) is 3.04. The highest BCUT2D eigenvalue weighted by atomic mass is 16.1. The first-order valence-electron chi connectivity index (χ1n) is 8.38. The van der Waals surface area contributed by atoms with Crippen molar-refractivity contribution in [2.24, 2.45) is 0 Å². The number of hydrogen-bond acceptors (Lipinski definition) is 3. The molecule has 0 aliphatic carbocycles. The minimum Gasteiger partial charge on any atom is -0.349 e. The molecule has 0 saturated heterocycles. The molecule has 0 spiro atoms. The molecule has 0 atom stereocenters. The molecule has 1 amide bonds. The lowest BCUT2D eigenvalue weighted by molar-refractivity contribution is 0.0942. The second-order valence-electron chi connectivity index (χ2n) is 6.08. The van der Waals surface area contributed by atoms with Gasteiger partial charge in [0.2, 0.25) is 0 Å². The van der Waals surface area contributed by atoms with E-state index in [-0.39, 0.29) is 5.91 Å². The standard InChI is InChI=1S/C18H24N4O/c1-2-5-16-12-17(21-20-16)18(23)19-9-11-22-10-8-14-6-3-4-7-15(14)13-22/h3-4,6-7,12H,2,5,8-11,13H2,1H3,(H,19,23)(H,20,21). The Labute approximate surface area is 137 Å². The summed E-state index contributed by atoms with van der Waals surface area (Å²) >= 11 is 0. The maximum atomic E-state index is 12.1. The van der Waals surface area contributed by atoms with Crippen molar-refractivity contribution >= 4 is 5.91 Å². The van der Waals surface area contributed by atoms with E-state index >= 15 is 0 Å². The molecule has 2 N–H and O–H groups in total. The van der Waals surface area contributed by atoms with Crippen molar-refractivity contribution in [3.63, 3.8) is 0 Å². The van der Waals surface area contributed by atoms with Crippen molar-refractivity contribution < 1.29 is 4.79 Å². The Bertz CT molecular complexity index is 665. The summed E-state index contributed by atoms with van der Waals surface area (Å²) in [5.74, 6) is -0.0963. The smallest absolute Gasteiger partial charge is 0.271 e. The Kier molecular flexibility index (Phi) is 5.08. The number of fused-ring (bicyclic) bond motifs is 1. The van der Waals surface area contributed by atoms with Gasteiger partial charge >= 0.3 is 0 Å². The van der Waals surface area contributed by atoms with Gasteiger partial charge in [0, 0.05) is 31.9 Å². The van der Waals surface area contributed by atoms with Gasteiger partial charge in [0.25, 0.3) is 5.91 Å². The molecule has 0 saturated carbocycles. The van der Waals surface area contributed by atoms with Crippen molar-refractivity contribution in [1.29, 1.82) is 0 Å². The molecule has 2 aromatic rings. The number of benzene rings is 1. The Morgan fingerprint density at radius 3 is 3.00 bits per heavy atom. The van der Waals surface area contributed by atoms with Gasteiger partial charge in [-0.15, -0.1) is 0 Å². The van der Waals surface area contributed by atoms with Crippen LogP contribution in [0, 0.1) is 0 Å². The zero-order valence-corrected chi connectivity index (χ0v) is 13.6. The van der Waals surface area contributed by atoms with Crippen LogP contribution < -0.4 is 5.32 Å². The number of aryl methyl sites for hydroxylation is 1. The number of carbonyl (C=O) groups excluding carboxylic acids is 1. The molecule has 5 nitrogen and oxygen atoms in total. The number of amides is 1. The maximum Gasteiger partial charge on any atom is 0.271 e. The molecular weight excluding hydrogens is 288 g/mol. The molecule has 1 aromatic heterocycles. The van der Waals surface area contributed by atoms with Crippen LogP contribution in [0.25, 0.3) is 0 Å². The summed E-state index contributed by atoms with van der Waals surface area (Å²) in [5.41, 5.74) is 4.36. The van der Waals surface area contributed by atoms with E-state index in [4.69, 9.17) is 0 Å². The second-order valence-corrected chi connectivity index (χ2v) is 6.08. The summed E-state index contributed by atoms with van der Waals surface area (Å²) < 4.78 is 0. The quantitative estimate of drug-likeness (QED) is 0.859. The predicted octanol–water partition coefficient (Wildman–Crippen LogP) is 2.15. The molecule has 3 rings (SSSR count). The van der Waals surface area contributed by atoms with E-state index in [9.17, 15) is 4.79 Å².